The number of ether oxygens (including phenoxy) is 1. The van der Waals surface area contributed by atoms with Gasteiger partial charge in [0, 0.05) is 6.26 Å². The number of hydrogen-bond donors (Lipinski definition) is 1. The van der Waals surface area contributed by atoms with E-state index >= 15 is 0 Å². The largest absolute Gasteiger partial charge is 0.493 e. The van der Waals surface area contributed by atoms with Crippen molar-refractivity contribution in [3.8, 4) is 5.75 Å². The minimum Gasteiger partial charge on any atom is -0.493 e. The fraction of sp³-hybridized carbons (Fsp3) is 0.316. The summed E-state index contributed by atoms with van der Waals surface area (Å²) in [5, 5.41) is 2.89. The Morgan fingerprint density at radius 3 is 2.36 bits per heavy atom. The molecular formula is C19H23NO4S. The highest BCUT2D eigenvalue weighted by Crippen LogP contribution is 2.17. The van der Waals surface area contributed by atoms with E-state index in [1.165, 1.54) is 6.26 Å². The van der Waals surface area contributed by atoms with Gasteiger partial charge in [0.2, 0.25) is 5.91 Å². The van der Waals surface area contributed by atoms with Gasteiger partial charge in [0.1, 0.15) is 5.75 Å². The van der Waals surface area contributed by atoms with Crippen LogP contribution in [0.2, 0.25) is 0 Å². The van der Waals surface area contributed by atoms with Crippen molar-refractivity contribution >= 4 is 15.7 Å². The maximum absolute atomic E-state index is 12.0. The summed E-state index contributed by atoms with van der Waals surface area (Å²) in [7, 11) is -3.21. The maximum Gasteiger partial charge on any atom is 0.223 e. The minimum absolute atomic E-state index is 0.117. The molecule has 0 saturated carbocycles. The van der Waals surface area contributed by atoms with E-state index in [1.54, 1.807) is 24.3 Å². The van der Waals surface area contributed by atoms with Gasteiger partial charge in [0.15, 0.2) is 9.84 Å². The van der Waals surface area contributed by atoms with Crippen LogP contribution < -0.4 is 10.1 Å². The van der Waals surface area contributed by atoms with Gasteiger partial charge in [-0.3, -0.25) is 4.79 Å². The molecule has 0 aliphatic carbocycles. The third-order valence-corrected chi connectivity index (χ3v) is 4.99. The van der Waals surface area contributed by atoms with Crippen LogP contribution in [0.15, 0.2) is 53.4 Å². The second kappa shape index (κ2) is 8.16. The zero-order valence-corrected chi connectivity index (χ0v) is 15.5. The van der Waals surface area contributed by atoms with Crippen LogP contribution >= 0.6 is 0 Å². The molecule has 1 amide bonds. The molecule has 6 heteroatoms. The predicted octanol–water partition coefficient (Wildman–Crippen LogP) is 3.04. The Labute approximate surface area is 148 Å². The number of amides is 1. The molecule has 0 fully saturated rings. The van der Waals surface area contributed by atoms with Gasteiger partial charge in [-0.1, -0.05) is 30.3 Å². The van der Waals surface area contributed by atoms with E-state index in [0.717, 1.165) is 16.9 Å². The molecule has 0 aliphatic rings. The number of aryl methyl sites for hydroxylation is 1. The van der Waals surface area contributed by atoms with E-state index in [2.05, 4.69) is 5.32 Å². The summed E-state index contributed by atoms with van der Waals surface area (Å²) in [6.07, 6.45) is 1.42. The lowest BCUT2D eigenvalue weighted by Crippen LogP contribution is -2.27. The first kappa shape index (κ1) is 19.0. The minimum atomic E-state index is -3.21. The molecule has 0 bridgehead atoms. The van der Waals surface area contributed by atoms with Crippen molar-refractivity contribution in [2.75, 3.05) is 12.9 Å². The van der Waals surface area contributed by atoms with Crippen molar-refractivity contribution in [2.45, 2.75) is 31.2 Å². The van der Waals surface area contributed by atoms with E-state index < -0.39 is 9.84 Å². The monoisotopic (exact) mass is 361 g/mol. The van der Waals surface area contributed by atoms with Gasteiger partial charge in [-0.05, 0) is 43.2 Å². The van der Waals surface area contributed by atoms with Crippen LogP contribution in [0.25, 0.3) is 0 Å². The number of rotatable bonds is 7. The Hall–Kier alpha value is -2.34. The second-order valence-electron chi connectivity index (χ2n) is 5.99. The molecule has 1 N–H and O–H groups in total. The first-order valence-corrected chi connectivity index (χ1v) is 9.94. The Kier molecular flexibility index (Phi) is 6.20. The third kappa shape index (κ3) is 5.60. The molecule has 25 heavy (non-hydrogen) atoms. The number of carbonyl (C=O) groups is 1. The van der Waals surface area contributed by atoms with Crippen LogP contribution in [0.4, 0.5) is 0 Å². The highest BCUT2D eigenvalue weighted by molar-refractivity contribution is 7.90. The Balaban J connectivity index is 1.84. The van der Waals surface area contributed by atoms with Gasteiger partial charge in [-0.2, -0.15) is 0 Å². The molecule has 0 saturated heterocycles. The van der Waals surface area contributed by atoms with Crippen LogP contribution in [-0.4, -0.2) is 27.2 Å². The van der Waals surface area contributed by atoms with Crippen molar-refractivity contribution in [1.29, 1.82) is 0 Å². The number of sulfone groups is 1. The normalized spacial score (nSPS) is 12.4. The van der Waals surface area contributed by atoms with Gasteiger partial charge < -0.3 is 10.1 Å². The molecular weight excluding hydrogens is 338 g/mol. The van der Waals surface area contributed by atoms with Crippen LogP contribution in [0.5, 0.6) is 5.75 Å². The summed E-state index contributed by atoms with van der Waals surface area (Å²) in [6, 6.07) is 14.0. The molecule has 0 radical (unpaired) electrons. The van der Waals surface area contributed by atoms with E-state index in [9.17, 15) is 13.2 Å². The lowest BCUT2D eigenvalue weighted by Gasteiger charge is -2.15. The zero-order chi connectivity index (χ0) is 18.4. The molecule has 0 unspecified atom stereocenters. The molecule has 1 atom stereocenters. The molecule has 2 rings (SSSR count). The highest BCUT2D eigenvalue weighted by Gasteiger charge is 2.12. The fourth-order valence-electron chi connectivity index (χ4n) is 2.37. The van der Waals surface area contributed by atoms with Gasteiger partial charge in [0.05, 0.1) is 24.0 Å². The van der Waals surface area contributed by atoms with Crippen LogP contribution in [0, 0.1) is 6.92 Å². The Bertz CT molecular complexity index is 829. The van der Waals surface area contributed by atoms with Gasteiger partial charge >= 0.3 is 0 Å². The Morgan fingerprint density at radius 1 is 1.12 bits per heavy atom. The van der Waals surface area contributed by atoms with E-state index in [1.807, 2.05) is 38.1 Å². The summed E-state index contributed by atoms with van der Waals surface area (Å²) < 4.78 is 28.6. The topological polar surface area (TPSA) is 72.5 Å². The van der Waals surface area contributed by atoms with Gasteiger partial charge in [0.25, 0.3) is 0 Å². The van der Waals surface area contributed by atoms with Gasteiger partial charge in [-0.15, -0.1) is 0 Å². The lowest BCUT2D eigenvalue weighted by molar-refractivity contribution is -0.122. The maximum atomic E-state index is 12.0. The first-order chi connectivity index (χ1) is 11.8. The number of carbonyl (C=O) groups excluding carboxylic acids is 1. The molecule has 5 nitrogen and oxygen atoms in total. The SMILES string of the molecule is Cc1ccccc1OCCC(=O)N[C@@H](C)c1ccc(S(C)(=O)=O)cc1. The van der Waals surface area contributed by atoms with Crippen LogP contribution in [0.3, 0.4) is 0 Å². The van der Waals surface area contributed by atoms with Crippen molar-refractivity contribution in [3.05, 3.63) is 59.7 Å². The molecule has 0 aliphatic heterocycles. The molecule has 2 aromatic rings. The Morgan fingerprint density at radius 2 is 1.76 bits per heavy atom. The highest BCUT2D eigenvalue weighted by atomic mass is 32.2. The average Bonchev–Trinajstić information content (AvgIpc) is 2.56. The molecule has 2 aromatic carbocycles. The standard InChI is InChI=1S/C19H23NO4S/c1-14-6-4-5-7-18(14)24-13-12-19(21)20-15(2)16-8-10-17(11-9-16)25(3,22)23/h4-11,15H,12-13H2,1-3H3,(H,20,21)/t15-/m0/s1. The van der Waals surface area contributed by atoms with E-state index in [-0.39, 0.29) is 23.3 Å². The summed E-state index contributed by atoms with van der Waals surface area (Å²) in [6.45, 7) is 4.11. The second-order valence-corrected chi connectivity index (χ2v) is 8.01. The summed E-state index contributed by atoms with van der Waals surface area (Å²) in [4.78, 5) is 12.3. The average molecular weight is 361 g/mol. The van der Waals surface area contributed by atoms with Crippen molar-refractivity contribution in [3.63, 3.8) is 0 Å². The molecule has 0 heterocycles. The molecule has 0 aromatic heterocycles. The van der Waals surface area contributed by atoms with Crippen molar-refractivity contribution < 1.29 is 17.9 Å². The van der Waals surface area contributed by atoms with Crippen LogP contribution in [0.1, 0.15) is 30.5 Å². The summed E-state index contributed by atoms with van der Waals surface area (Å²) >= 11 is 0. The fourth-order valence-corrected chi connectivity index (χ4v) is 3.00. The summed E-state index contributed by atoms with van der Waals surface area (Å²) in [5.74, 6) is 0.660. The molecule has 0 spiro atoms. The third-order valence-electron chi connectivity index (χ3n) is 3.87. The first-order valence-electron chi connectivity index (χ1n) is 8.05. The zero-order valence-electron chi connectivity index (χ0n) is 14.7. The van der Waals surface area contributed by atoms with Crippen molar-refractivity contribution in [2.24, 2.45) is 0 Å². The molecule has 134 valence electrons. The number of benzene rings is 2. The van der Waals surface area contributed by atoms with E-state index in [0.29, 0.717) is 6.61 Å². The number of nitrogens with one attached hydrogen (secondary N) is 1. The lowest BCUT2D eigenvalue weighted by atomic mass is 10.1. The number of para-hydroxylation sites is 1. The van der Waals surface area contributed by atoms with Gasteiger partial charge in [-0.25, -0.2) is 8.42 Å². The van der Waals surface area contributed by atoms with Crippen molar-refractivity contribution in [1.82, 2.24) is 5.32 Å². The quantitative estimate of drug-likeness (QED) is 0.823. The van der Waals surface area contributed by atoms with E-state index in [4.69, 9.17) is 4.74 Å². The smallest absolute Gasteiger partial charge is 0.223 e. The number of hydrogen-bond acceptors (Lipinski definition) is 4. The van der Waals surface area contributed by atoms with Crippen LogP contribution in [-0.2, 0) is 14.6 Å². The predicted molar refractivity (Wildman–Crippen MR) is 97.4 cm³/mol. The summed E-state index contributed by atoms with van der Waals surface area (Å²) in [5.41, 5.74) is 1.88.